The largest absolute Gasteiger partial charge is 0.361 e. The summed E-state index contributed by atoms with van der Waals surface area (Å²) in [4.78, 5) is 6.27. The van der Waals surface area contributed by atoms with Crippen LogP contribution < -0.4 is 9.80 Å². The summed E-state index contributed by atoms with van der Waals surface area (Å²) in [5.41, 5.74) is 0.663. The molecule has 0 saturated carbocycles. The van der Waals surface area contributed by atoms with Gasteiger partial charge in [-0.3, -0.25) is 4.90 Å². The van der Waals surface area contributed by atoms with Gasteiger partial charge in [-0.1, -0.05) is 0 Å². The summed E-state index contributed by atoms with van der Waals surface area (Å²) in [7, 11) is 3.86. The van der Waals surface area contributed by atoms with E-state index in [1.165, 1.54) is 12.1 Å². The van der Waals surface area contributed by atoms with Crippen molar-refractivity contribution in [1.29, 1.82) is 0 Å². The van der Waals surface area contributed by atoms with Crippen LogP contribution in [0.25, 0.3) is 0 Å². The molecule has 0 spiro atoms. The topological polar surface area (TPSA) is 35.5 Å². The molecule has 0 unspecified atom stereocenters. The first-order chi connectivity index (χ1) is 11.5. The normalized spacial score (nSPS) is 15.6. The molecule has 2 heterocycles. The van der Waals surface area contributed by atoms with Crippen LogP contribution in [0, 0.1) is 11.6 Å². The number of hydrogen-bond donors (Lipinski definition) is 0. The Morgan fingerprint density at radius 1 is 0.958 bits per heavy atom. The molecule has 1 aliphatic heterocycles. The second-order valence-electron chi connectivity index (χ2n) is 6.19. The van der Waals surface area contributed by atoms with Gasteiger partial charge in [-0.25, -0.2) is 8.78 Å². The van der Waals surface area contributed by atoms with E-state index in [1.54, 1.807) is 0 Å². The molecule has 24 heavy (non-hydrogen) atoms. The van der Waals surface area contributed by atoms with Crippen LogP contribution in [0.5, 0.6) is 0 Å². The average Bonchev–Trinajstić information content (AvgIpc) is 2.55. The smallest absolute Gasteiger partial charge is 0.151 e. The molecule has 1 saturated heterocycles. The molecule has 1 fully saturated rings. The molecule has 1 aliphatic rings. The number of anilines is 2. The van der Waals surface area contributed by atoms with Crippen LogP contribution in [-0.4, -0.2) is 55.4 Å². The first-order valence-corrected chi connectivity index (χ1v) is 7.94. The summed E-state index contributed by atoms with van der Waals surface area (Å²) in [5.74, 6) is 0.627. The van der Waals surface area contributed by atoms with Crippen LogP contribution in [0.1, 0.15) is 5.56 Å². The zero-order valence-corrected chi connectivity index (χ0v) is 13.9. The Kier molecular flexibility index (Phi) is 4.89. The number of piperazine rings is 1. The maximum Gasteiger partial charge on any atom is 0.151 e. The van der Waals surface area contributed by atoms with E-state index in [2.05, 4.69) is 20.0 Å². The highest BCUT2D eigenvalue weighted by Gasteiger charge is 2.19. The van der Waals surface area contributed by atoms with Gasteiger partial charge in [-0.2, -0.15) is 0 Å². The van der Waals surface area contributed by atoms with Crippen molar-refractivity contribution >= 4 is 11.6 Å². The molecule has 1 aromatic carbocycles. The lowest BCUT2D eigenvalue weighted by Crippen LogP contribution is -2.46. The molecular weight excluding hydrogens is 312 g/mol. The molecule has 3 rings (SSSR count). The summed E-state index contributed by atoms with van der Waals surface area (Å²) >= 11 is 0. The van der Waals surface area contributed by atoms with Gasteiger partial charge in [0.15, 0.2) is 11.6 Å². The Morgan fingerprint density at radius 3 is 2.17 bits per heavy atom. The van der Waals surface area contributed by atoms with Gasteiger partial charge >= 0.3 is 0 Å². The van der Waals surface area contributed by atoms with E-state index in [0.717, 1.165) is 43.9 Å². The van der Waals surface area contributed by atoms with Crippen LogP contribution in [-0.2, 0) is 6.54 Å². The fraction of sp³-hybridized carbons (Fsp3) is 0.412. The van der Waals surface area contributed by atoms with Crippen molar-refractivity contribution in [2.45, 2.75) is 6.54 Å². The lowest BCUT2D eigenvalue weighted by molar-refractivity contribution is 0.248. The van der Waals surface area contributed by atoms with Crippen LogP contribution in [0.4, 0.5) is 20.4 Å². The Labute approximate surface area is 140 Å². The monoisotopic (exact) mass is 333 g/mol. The molecule has 0 bridgehead atoms. The minimum Gasteiger partial charge on any atom is -0.361 e. The predicted octanol–water partition coefficient (Wildman–Crippen LogP) is 2.14. The van der Waals surface area contributed by atoms with E-state index in [1.807, 2.05) is 31.1 Å². The SMILES string of the molecule is CN(C)c1ccc(N2CCN(Cc3cc(F)cc(F)c3)CC2)nn1. The van der Waals surface area contributed by atoms with Gasteiger partial charge in [0.2, 0.25) is 0 Å². The Hall–Kier alpha value is -2.28. The third-order valence-electron chi connectivity index (χ3n) is 4.12. The lowest BCUT2D eigenvalue weighted by Gasteiger charge is -2.35. The van der Waals surface area contributed by atoms with Gasteiger partial charge in [0.25, 0.3) is 0 Å². The lowest BCUT2D eigenvalue weighted by atomic mass is 10.2. The van der Waals surface area contributed by atoms with E-state index in [0.29, 0.717) is 12.1 Å². The number of rotatable bonds is 4. The second-order valence-corrected chi connectivity index (χ2v) is 6.19. The predicted molar refractivity (Wildman–Crippen MR) is 90.2 cm³/mol. The van der Waals surface area contributed by atoms with Crippen molar-refractivity contribution < 1.29 is 8.78 Å². The highest BCUT2D eigenvalue weighted by molar-refractivity contribution is 5.44. The molecule has 0 radical (unpaired) electrons. The van der Waals surface area contributed by atoms with Crippen LogP contribution in [0.2, 0.25) is 0 Å². The second kappa shape index (κ2) is 7.09. The molecule has 5 nitrogen and oxygen atoms in total. The first-order valence-electron chi connectivity index (χ1n) is 7.94. The van der Waals surface area contributed by atoms with Crippen molar-refractivity contribution in [1.82, 2.24) is 15.1 Å². The van der Waals surface area contributed by atoms with Crippen molar-refractivity contribution in [3.05, 3.63) is 47.5 Å². The van der Waals surface area contributed by atoms with Crippen molar-refractivity contribution in [3.8, 4) is 0 Å². The molecule has 0 N–H and O–H groups in total. The molecule has 7 heteroatoms. The number of benzene rings is 1. The summed E-state index contributed by atoms with van der Waals surface area (Å²) in [6, 6.07) is 7.60. The first kappa shape index (κ1) is 16.6. The Morgan fingerprint density at radius 2 is 1.62 bits per heavy atom. The Balaban J connectivity index is 1.57. The molecule has 1 aromatic heterocycles. The van der Waals surface area contributed by atoms with Crippen LogP contribution >= 0.6 is 0 Å². The van der Waals surface area contributed by atoms with Gasteiger partial charge in [-0.15, -0.1) is 10.2 Å². The number of halogens is 2. The quantitative estimate of drug-likeness (QED) is 0.857. The highest BCUT2D eigenvalue weighted by atomic mass is 19.1. The van der Waals surface area contributed by atoms with Crippen LogP contribution in [0.15, 0.2) is 30.3 Å². The molecule has 0 atom stereocenters. The molecule has 0 amide bonds. The molecule has 2 aromatic rings. The third-order valence-corrected chi connectivity index (χ3v) is 4.12. The molecule has 0 aliphatic carbocycles. The molecule has 128 valence electrons. The number of aromatic nitrogens is 2. The fourth-order valence-corrected chi connectivity index (χ4v) is 2.82. The van der Waals surface area contributed by atoms with E-state index in [-0.39, 0.29) is 0 Å². The standard InChI is InChI=1S/C17H21F2N5/c1-22(2)16-3-4-17(21-20-16)24-7-5-23(6-8-24)12-13-9-14(18)11-15(19)10-13/h3-4,9-11H,5-8,12H2,1-2H3. The summed E-state index contributed by atoms with van der Waals surface area (Å²) in [5, 5.41) is 8.47. The minimum absolute atomic E-state index is 0.528. The number of nitrogens with zero attached hydrogens (tertiary/aromatic N) is 5. The van der Waals surface area contributed by atoms with E-state index < -0.39 is 11.6 Å². The minimum atomic E-state index is -0.528. The van der Waals surface area contributed by atoms with Gasteiger partial charge in [-0.05, 0) is 29.8 Å². The van der Waals surface area contributed by atoms with Gasteiger partial charge in [0, 0.05) is 52.9 Å². The summed E-state index contributed by atoms with van der Waals surface area (Å²) < 4.78 is 26.5. The van der Waals surface area contributed by atoms with E-state index in [4.69, 9.17) is 0 Å². The van der Waals surface area contributed by atoms with Crippen molar-refractivity contribution in [2.24, 2.45) is 0 Å². The maximum atomic E-state index is 13.3. The van der Waals surface area contributed by atoms with Gasteiger partial charge < -0.3 is 9.80 Å². The zero-order valence-electron chi connectivity index (χ0n) is 13.9. The fourth-order valence-electron chi connectivity index (χ4n) is 2.82. The van der Waals surface area contributed by atoms with E-state index in [9.17, 15) is 8.78 Å². The maximum absolute atomic E-state index is 13.3. The molecular formula is C17H21F2N5. The highest BCUT2D eigenvalue weighted by Crippen LogP contribution is 2.17. The van der Waals surface area contributed by atoms with Gasteiger partial charge in [0.1, 0.15) is 11.6 Å². The number of hydrogen-bond acceptors (Lipinski definition) is 5. The Bertz CT molecular complexity index is 662. The third kappa shape index (κ3) is 3.97. The summed E-state index contributed by atoms with van der Waals surface area (Å²) in [6.07, 6.45) is 0. The van der Waals surface area contributed by atoms with E-state index >= 15 is 0 Å². The van der Waals surface area contributed by atoms with Crippen molar-refractivity contribution in [2.75, 3.05) is 50.1 Å². The van der Waals surface area contributed by atoms with Gasteiger partial charge in [0.05, 0.1) is 0 Å². The summed E-state index contributed by atoms with van der Waals surface area (Å²) in [6.45, 7) is 3.81. The average molecular weight is 333 g/mol. The van der Waals surface area contributed by atoms with Crippen LogP contribution in [0.3, 0.4) is 0 Å². The zero-order chi connectivity index (χ0) is 17.1. The van der Waals surface area contributed by atoms with Crippen molar-refractivity contribution in [3.63, 3.8) is 0 Å².